The van der Waals surface area contributed by atoms with Gasteiger partial charge in [-0.05, 0) is 42.0 Å². The van der Waals surface area contributed by atoms with Gasteiger partial charge in [0.05, 0.1) is 12.7 Å². The summed E-state index contributed by atoms with van der Waals surface area (Å²) in [6, 6.07) is 12.5. The normalized spacial score (nSPS) is 10.2. The smallest absolute Gasteiger partial charge is 0.335 e. The highest BCUT2D eigenvalue weighted by molar-refractivity contribution is 6.31. The number of carbonyl (C=O) groups is 1. The van der Waals surface area contributed by atoms with Gasteiger partial charge in [0.15, 0.2) is 0 Å². The van der Waals surface area contributed by atoms with E-state index in [-0.39, 0.29) is 5.56 Å². The lowest BCUT2D eigenvalue weighted by Gasteiger charge is -2.20. The zero-order valence-electron chi connectivity index (χ0n) is 11.8. The number of methoxy groups -OCH3 is 1. The van der Waals surface area contributed by atoms with E-state index < -0.39 is 5.97 Å². The average Bonchev–Trinajstić information content (AvgIpc) is 2.49. The van der Waals surface area contributed by atoms with E-state index in [0.29, 0.717) is 11.6 Å². The summed E-state index contributed by atoms with van der Waals surface area (Å²) in [5, 5.41) is 9.38. The fourth-order valence-electron chi connectivity index (χ4n) is 1.99. The van der Waals surface area contributed by atoms with Gasteiger partial charge in [-0.25, -0.2) is 4.79 Å². The number of aromatic carboxylic acids is 1. The molecule has 0 amide bonds. The molecule has 0 radical (unpaired) electrons. The summed E-state index contributed by atoms with van der Waals surface area (Å²) in [7, 11) is 3.58. The lowest BCUT2D eigenvalue weighted by Crippen LogP contribution is -2.16. The van der Waals surface area contributed by atoms with Crippen LogP contribution in [0.5, 0.6) is 5.75 Å². The molecule has 2 aromatic carbocycles. The van der Waals surface area contributed by atoms with Crippen LogP contribution in [0, 0.1) is 0 Å². The largest absolute Gasteiger partial charge is 0.497 e. The minimum Gasteiger partial charge on any atom is -0.497 e. The number of carboxylic acids is 1. The summed E-state index contributed by atoms with van der Waals surface area (Å²) in [5.74, 6) is -0.178. The number of halogens is 1. The van der Waals surface area contributed by atoms with Crippen LogP contribution in [0.2, 0.25) is 5.02 Å². The van der Waals surface area contributed by atoms with Gasteiger partial charge in [-0.15, -0.1) is 0 Å². The minimum atomic E-state index is -0.980. The Labute approximate surface area is 128 Å². The fourth-order valence-corrected chi connectivity index (χ4v) is 2.23. The van der Waals surface area contributed by atoms with Crippen LogP contribution in [0.25, 0.3) is 0 Å². The van der Waals surface area contributed by atoms with Crippen molar-refractivity contribution in [3.8, 4) is 5.75 Å². The van der Waals surface area contributed by atoms with Crippen molar-refractivity contribution in [3.63, 3.8) is 0 Å². The summed E-state index contributed by atoms with van der Waals surface area (Å²) in [5.41, 5.74) is 2.09. The molecule has 0 aliphatic rings. The van der Waals surface area contributed by atoms with Crippen LogP contribution in [0.4, 0.5) is 5.69 Å². The second-order valence-electron chi connectivity index (χ2n) is 4.67. The molecular weight excluding hydrogens is 290 g/mol. The average molecular weight is 306 g/mol. The molecular formula is C16H16ClNO3. The molecule has 5 heteroatoms. The van der Waals surface area contributed by atoms with Crippen LogP contribution in [0.3, 0.4) is 0 Å². The predicted molar refractivity (Wildman–Crippen MR) is 83.5 cm³/mol. The van der Waals surface area contributed by atoms with E-state index in [2.05, 4.69) is 0 Å². The third-order valence-electron chi connectivity index (χ3n) is 3.22. The summed E-state index contributed by atoms with van der Waals surface area (Å²) in [6.07, 6.45) is 0. The molecule has 0 unspecified atom stereocenters. The van der Waals surface area contributed by atoms with Crippen LogP contribution in [-0.2, 0) is 6.54 Å². The Balaban J connectivity index is 2.14. The van der Waals surface area contributed by atoms with Crippen LogP contribution in [-0.4, -0.2) is 25.2 Å². The summed E-state index contributed by atoms with van der Waals surface area (Å²) < 4.78 is 5.13. The van der Waals surface area contributed by atoms with E-state index in [1.54, 1.807) is 19.2 Å². The highest BCUT2D eigenvalue weighted by atomic mass is 35.5. The van der Waals surface area contributed by atoms with Crippen molar-refractivity contribution in [1.29, 1.82) is 0 Å². The zero-order chi connectivity index (χ0) is 15.4. The maximum absolute atomic E-state index is 10.9. The summed E-state index contributed by atoms with van der Waals surface area (Å²) in [4.78, 5) is 12.9. The zero-order valence-corrected chi connectivity index (χ0v) is 12.6. The van der Waals surface area contributed by atoms with Crippen molar-refractivity contribution < 1.29 is 14.6 Å². The number of ether oxygens (including phenoxy) is 1. The first-order valence-electron chi connectivity index (χ1n) is 6.38. The lowest BCUT2D eigenvalue weighted by molar-refractivity contribution is 0.0697. The van der Waals surface area contributed by atoms with Crippen LogP contribution < -0.4 is 9.64 Å². The quantitative estimate of drug-likeness (QED) is 0.915. The van der Waals surface area contributed by atoms with E-state index in [4.69, 9.17) is 21.4 Å². The van der Waals surface area contributed by atoms with E-state index in [1.807, 2.05) is 36.2 Å². The molecule has 0 bridgehead atoms. The number of benzene rings is 2. The fraction of sp³-hybridized carbons (Fsp3) is 0.188. The Morgan fingerprint density at radius 1 is 1.24 bits per heavy atom. The molecule has 2 rings (SSSR count). The molecule has 1 N–H and O–H groups in total. The van der Waals surface area contributed by atoms with Gasteiger partial charge in [0.25, 0.3) is 0 Å². The molecule has 0 fully saturated rings. The van der Waals surface area contributed by atoms with E-state index in [1.165, 1.54) is 6.07 Å². The molecule has 110 valence electrons. The Morgan fingerprint density at radius 2 is 1.90 bits per heavy atom. The van der Waals surface area contributed by atoms with E-state index in [0.717, 1.165) is 17.0 Å². The topological polar surface area (TPSA) is 49.8 Å². The Morgan fingerprint density at radius 3 is 2.43 bits per heavy atom. The van der Waals surface area contributed by atoms with Crippen LogP contribution >= 0.6 is 11.6 Å². The molecule has 2 aromatic rings. The first kappa shape index (κ1) is 15.2. The molecule has 0 heterocycles. The van der Waals surface area contributed by atoms with Gasteiger partial charge in [-0.1, -0.05) is 17.7 Å². The number of nitrogens with zero attached hydrogens (tertiary/aromatic N) is 1. The molecule has 0 saturated heterocycles. The van der Waals surface area contributed by atoms with Crippen LogP contribution in [0.15, 0.2) is 42.5 Å². The molecule has 0 atom stereocenters. The third kappa shape index (κ3) is 3.67. The van der Waals surface area contributed by atoms with Gasteiger partial charge in [0.2, 0.25) is 0 Å². The van der Waals surface area contributed by atoms with Crippen LogP contribution in [0.1, 0.15) is 15.9 Å². The van der Waals surface area contributed by atoms with Crippen molar-refractivity contribution in [3.05, 3.63) is 58.6 Å². The standard InChI is InChI=1S/C16H16ClNO3/c1-18(13-5-7-14(21-2)8-6-13)10-12-4-3-11(16(19)20)9-15(12)17/h3-9H,10H2,1-2H3,(H,19,20). The minimum absolute atomic E-state index is 0.191. The first-order valence-corrected chi connectivity index (χ1v) is 6.76. The highest BCUT2D eigenvalue weighted by Crippen LogP contribution is 2.23. The second-order valence-corrected chi connectivity index (χ2v) is 5.07. The number of carboxylic acid groups (broad SMARTS) is 1. The molecule has 0 spiro atoms. The maximum Gasteiger partial charge on any atom is 0.335 e. The van der Waals surface area contributed by atoms with Gasteiger partial charge >= 0.3 is 5.97 Å². The van der Waals surface area contributed by atoms with Crippen molar-refractivity contribution in [1.82, 2.24) is 0 Å². The monoisotopic (exact) mass is 305 g/mol. The predicted octanol–water partition coefficient (Wildman–Crippen LogP) is 3.68. The number of anilines is 1. The number of hydrogen-bond donors (Lipinski definition) is 1. The van der Waals surface area contributed by atoms with Crippen molar-refractivity contribution in [2.45, 2.75) is 6.54 Å². The Bertz CT molecular complexity index is 640. The number of rotatable bonds is 5. The molecule has 4 nitrogen and oxygen atoms in total. The summed E-state index contributed by atoms with van der Waals surface area (Å²) >= 11 is 6.14. The van der Waals surface area contributed by atoms with E-state index in [9.17, 15) is 4.79 Å². The maximum atomic E-state index is 10.9. The Kier molecular flexibility index (Phi) is 4.70. The summed E-state index contributed by atoms with van der Waals surface area (Å²) in [6.45, 7) is 0.588. The molecule has 0 aliphatic carbocycles. The SMILES string of the molecule is COc1ccc(N(C)Cc2ccc(C(=O)O)cc2Cl)cc1. The first-order chi connectivity index (χ1) is 10.0. The van der Waals surface area contributed by atoms with Gasteiger partial charge < -0.3 is 14.7 Å². The highest BCUT2D eigenvalue weighted by Gasteiger charge is 2.09. The van der Waals surface area contributed by atoms with Gasteiger partial charge in [-0.3, -0.25) is 0 Å². The molecule has 0 aliphatic heterocycles. The molecule has 21 heavy (non-hydrogen) atoms. The van der Waals surface area contributed by atoms with Gasteiger partial charge in [0.1, 0.15) is 5.75 Å². The van der Waals surface area contributed by atoms with Crippen molar-refractivity contribution >= 4 is 23.3 Å². The van der Waals surface area contributed by atoms with E-state index >= 15 is 0 Å². The molecule has 0 saturated carbocycles. The van der Waals surface area contributed by atoms with Crippen molar-refractivity contribution in [2.75, 3.05) is 19.1 Å². The second kappa shape index (κ2) is 6.50. The third-order valence-corrected chi connectivity index (χ3v) is 3.57. The van der Waals surface area contributed by atoms with Gasteiger partial charge in [-0.2, -0.15) is 0 Å². The lowest BCUT2D eigenvalue weighted by atomic mass is 10.1. The van der Waals surface area contributed by atoms with Crippen molar-refractivity contribution in [2.24, 2.45) is 0 Å². The van der Waals surface area contributed by atoms with Gasteiger partial charge in [0, 0.05) is 24.3 Å². The molecule has 0 aromatic heterocycles. The number of hydrogen-bond acceptors (Lipinski definition) is 3. The Hall–Kier alpha value is -2.20.